The van der Waals surface area contributed by atoms with E-state index in [9.17, 15) is 5.11 Å². The fraction of sp³-hybridized carbons (Fsp3) is 0.200. The summed E-state index contributed by atoms with van der Waals surface area (Å²) in [5.41, 5.74) is 4.47. The van der Waals surface area contributed by atoms with Gasteiger partial charge in [-0.15, -0.1) is 0 Å². The maximum Gasteiger partial charge on any atom is 0.119 e. The number of hydrogen-bond acceptors (Lipinski definition) is 3. The Morgan fingerprint density at radius 1 is 0.821 bits per heavy atom. The monoisotopic (exact) mass is 371 g/mol. The molecule has 28 heavy (non-hydrogen) atoms. The van der Waals surface area contributed by atoms with Crippen LogP contribution in [0.1, 0.15) is 16.7 Å². The van der Waals surface area contributed by atoms with Crippen molar-refractivity contribution in [3.05, 3.63) is 108 Å². The van der Waals surface area contributed by atoms with Crippen LogP contribution in [0.3, 0.4) is 0 Å². The summed E-state index contributed by atoms with van der Waals surface area (Å²) in [6.07, 6.45) is 1.66. The molecule has 1 aliphatic rings. The molecule has 0 fully saturated rings. The maximum absolute atomic E-state index is 10.7. The molecule has 0 unspecified atom stereocenters. The van der Waals surface area contributed by atoms with Gasteiger partial charge in [0.1, 0.15) is 12.4 Å². The standard InChI is InChI=1S/C25H25NO2/c27-25-18-26(17-20-7-3-1-4-8-20)16-15-24(25)22-11-13-23(14-12-22)28-19-21-9-5-2-6-10-21/h1-15,25,27H,16-19H2/t25-/m1/s1. The van der Waals surface area contributed by atoms with Crippen molar-refractivity contribution in [2.75, 3.05) is 13.1 Å². The van der Waals surface area contributed by atoms with Crippen LogP contribution in [0.2, 0.25) is 0 Å². The zero-order chi connectivity index (χ0) is 19.2. The van der Waals surface area contributed by atoms with Gasteiger partial charge in [0.25, 0.3) is 0 Å². The average Bonchev–Trinajstić information content (AvgIpc) is 2.74. The normalized spacial score (nSPS) is 17.2. The highest BCUT2D eigenvalue weighted by atomic mass is 16.5. The van der Waals surface area contributed by atoms with Crippen molar-refractivity contribution in [2.24, 2.45) is 0 Å². The summed E-state index contributed by atoms with van der Waals surface area (Å²) < 4.78 is 5.85. The summed E-state index contributed by atoms with van der Waals surface area (Å²) in [6, 6.07) is 28.5. The van der Waals surface area contributed by atoms with Gasteiger partial charge >= 0.3 is 0 Å². The fourth-order valence-corrected chi connectivity index (χ4v) is 3.55. The molecular formula is C25H25NO2. The molecule has 3 aromatic rings. The second kappa shape index (κ2) is 8.87. The van der Waals surface area contributed by atoms with Crippen LogP contribution in [-0.4, -0.2) is 29.2 Å². The van der Waals surface area contributed by atoms with Crippen LogP contribution in [0.15, 0.2) is 91.0 Å². The predicted molar refractivity (Wildman–Crippen MR) is 113 cm³/mol. The molecule has 1 atom stereocenters. The number of nitrogens with zero attached hydrogens (tertiary/aromatic N) is 1. The number of rotatable bonds is 6. The molecule has 1 heterocycles. The summed E-state index contributed by atoms with van der Waals surface area (Å²) in [4.78, 5) is 2.26. The molecule has 0 aliphatic carbocycles. The van der Waals surface area contributed by atoms with Crippen LogP contribution >= 0.6 is 0 Å². The third-order valence-corrected chi connectivity index (χ3v) is 5.04. The summed E-state index contributed by atoms with van der Waals surface area (Å²) in [5.74, 6) is 0.837. The number of aliphatic hydroxyl groups excluding tert-OH is 1. The number of benzene rings is 3. The molecule has 0 amide bonds. The molecule has 142 valence electrons. The summed E-state index contributed by atoms with van der Waals surface area (Å²) in [6.45, 7) is 2.90. The van der Waals surface area contributed by atoms with E-state index < -0.39 is 6.10 Å². The Balaban J connectivity index is 1.37. The summed E-state index contributed by atoms with van der Waals surface area (Å²) in [5, 5.41) is 10.7. The van der Waals surface area contributed by atoms with E-state index in [2.05, 4.69) is 47.4 Å². The smallest absolute Gasteiger partial charge is 0.119 e. The predicted octanol–water partition coefficient (Wildman–Crippen LogP) is 4.53. The van der Waals surface area contributed by atoms with E-state index in [1.165, 1.54) is 5.56 Å². The minimum atomic E-state index is -0.478. The van der Waals surface area contributed by atoms with Gasteiger partial charge in [0, 0.05) is 19.6 Å². The van der Waals surface area contributed by atoms with E-state index in [-0.39, 0.29) is 0 Å². The molecule has 1 N–H and O–H groups in total. The van der Waals surface area contributed by atoms with Crippen molar-refractivity contribution in [3.8, 4) is 5.75 Å². The van der Waals surface area contributed by atoms with Crippen molar-refractivity contribution in [3.63, 3.8) is 0 Å². The van der Waals surface area contributed by atoms with Gasteiger partial charge < -0.3 is 9.84 Å². The number of ether oxygens (including phenoxy) is 1. The molecule has 1 aliphatic heterocycles. The van der Waals surface area contributed by atoms with Crippen LogP contribution in [0, 0.1) is 0 Å². The zero-order valence-electron chi connectivity index (χ0n) is 15.9. The Hall–Kier alpha value is -2.88. The summed E-state index contributed by atoms with van der Waals surface area (Å²) >= 11 is 0. The molecule has 0 radical (unpaired) electrons. The van der Waals surface area contributed by atoms with Crippen LogP contribution < -0.4 is 4.74 Å². The highest BCUT2D eigenvalue weighted by Crippen LogP contribution is 2.26. The van der Waals surface area contributed by atoms with Gasteiger partial charge in [0.15, 0.2) is 0 Å². The number of hydrogen-bond donors (Lipinski definition) is 1. The van der Waals surface area contributed by atoms with Gasteiger partial charge in [0.2, 0.25) is 0 Å². The Morgan fingerprint density at radius 2 is 1.46 bits per heavy atom. The molecular weight excluding hydrogens is 346 g/mol. The first-order valence-corrected chi connectivity index (χ1v) is 9.69. The Labute approximate surface area is 166 Å². The van der Waals surface area contributed by atoms with E-state index in [0.29, 0.717) is 13.2 Å². The largest absolute Gasteiger partial charge is 0.489 e. The van der Waals surface area contributed by atoms with Crippen molar-refractivity contribution in [2.45, 2.75) is 19.3 Å². The van der Waals surface area contributed by atoms with Crippen LogP contribution in [0.5, 0.6) is 5.75 Å². The molecule has 0 saturated heterocycles. The third kappa shape index (κ3) is 4.69. The Bertz CT molecular complexity index is 904. The molecule has 4 rings (SSSR count). The van der Waals surface area contributed by atoms with E-state index in [1.807, 2.05) is 48.5 Å². The molecule has 0 bridgehead atoms. The van der Waals surface area contributed by atoms with E-state index in [4.69, 9.17) is 4.74 Å². The minimum Gasteiger partial charge on any atom is -0.489 e. The van der Waals surface area contributed by atoms with E-state index >= 15 is 0 Å². The van der Waals surface area contributed by atoms with Crippen molar-refractivity contribution in [1.29, 1.82) is 0 Å². The Kier molecular flexibility index (Phi) is 5.86. The first-order valence-electron chi connectivity index (χ1n) is 9.69. The van der Waals surface area contributed by atoms with Crippen molar-refractivity contribution in [1.82, 2.24) is 4.90 Å². The molecule has 3 nitrogen and oxygen atoms in total. The molecule has 3 heteroatoms. The van der Waals surface area contributed by atoms with Gasteiger partial charge in [-0.25, -0.2) is 0 Å². The lowest BCUT2D eigenvalue weighted by Crippen LogP contribution is -2.36. The van der Waals surface area contributed by atoms with Gasteiger partial charge in [-0.3, -0.25) is 4.90 Å². The average molecular weight is 371 g/mol. The van der Waals surface area contributed by atoms with Gasteiger partial charge in [-0.2, -0.15) is 0 Å². The highest BCUT2D eigenvalue weighted by molar-refractivity contribution is 5.70. The highest BCUT2D eigenvalue weighted by Gasteiger charge is 2.21. The maximum atomic E-state index is 10.7. The van der Waals surface area contributed by atoms with Crippen LogP contribution in [0.25, 0.3) is 5.57 Å². The van der Waals surface area contributed by atoms with Crippen molar-refractivity contribution >= 4 is 5.57 Å². The van der Waals surface area contributed by atoms with Gasteiger partial charge in [0.05, 0.1) is 6.10 Å². The van der Waals surface area contributed by atoms with Gasteiger partial charge in [-0.1, -0.05) is 78.9 Å². The van der Waals surface area contributed by atoms with Crippen molar-refractivity contribution < 1.29 is 9.84 Å². The lowest BCUT2D eigenvalue weighted by atomic mass is 9.96. The summed E-state index contributed by atoms with van der Waals surface area (Å²) in [7, 11) is 0. The lowest BCUT2D eigenvalue weighted by Gasteiger charge is -2.30. The lowest BCUT2D eigenvalue weighted by molar-refractivity contribution is 0.148. The fourth-order valence-electron chi connectivity index (χ4n) is 3.55. The van der Waals surface area contributed by atoms with E-state index in [1.54, 1.807) is 0 Å². The molecule has 0 aromatic heterocycles. The third-order valence-electron chi connectivity index (χ3n) is 5.04. The zero-order valence-corrected chi connectivity index (χ0v) is 15.9. The second-order valence-corrected chi connectivity index (χ2v) is 7.15. The number of aliphatic hydroxyl groups is 1. The van der Waals surface area contributed by atoms with Crippen LogP contribution in [-0.2, 0) is 13.2 Å². The second-order valence-electron chi connectivity index (χ2n) is 7.15. The molecule has 0 saturated carbocycles. The molecule has 0 spiro atoms. The Morgan fingerprint density at radius 3 is 2.11 bits per heavy atom. The first-order chi connectivity index (χ1) is 13.8. The van der Waals surface area contributed by atoms with Crippen LogP contribution in [0.4, 0.5) is 0 Å². The molecule has 3 aromatic carbocycles. The van der Waals surface area contributed by atoms with E-state index in [0.717, 1.165) is 35.5 Å². The topological polar surface area (TPSA) is 32.7 Å². The minimum absolute atomic E-state index is 0.478. The SMILES string of the molecule is O[C@@H]1CN(Cc2ccccc2)CC=C1c1ccc(OCc2ccccc2)cc1. The first kappa shape index (κ1) is 18.5. The quantitative estimate of drug-likeness (QED) is 0.691. The van der Waals surface area contributed by atoms with Gasteiger partial charge in [-0.05, 0) is 34.4 Å². The number of β-amino-alcohol motifs (C(OH)–C–C–N with tert-alkyl or cyclic N) is 1.